The minimum Gasteiger partial charge on any atom is -0.359 e. The number of aldehydes is 1. The van der Waals surface area contributed by atoms with Crippen LogP contribution in [0.3, 0.4) is 0 Å². The Morgan fingerprint density at radius 2 is 2.15 bits per heavy atom. The van der Waals surface area contributed by atoms with Crippen LogP contribution in [0.4, 0.5) is 0 Å². The standard InChI is InChI=1S/C9H10BrNO2/c10-8-7(5-12)11-13-9(8)6-3-1-2-4-6/h5-6H,1-4H2. The quantitative estimate of drug-likeness (QED) is 0.751. The summed E-state index contributed by atoms with van der Waals surface area (Å²) in [6.45, 7) is 0. The largest absolute Gasteiger partial charge is 0.359 e. The van der Waals surface area contributed by atoms with Gasteiger partial charge in [0.2, 0.25) is 0 Å². The van der Waals surface area contributed by atoms with Gasteiger partial charge in [-0.05, 0) is 28.8 Å². The summed E-state index contributed by atoms with van der Waals surface area (Å²) < 4.78 is 5.89. The number of carbonyl (C=O) groups excluding carboxylic acids is 1. The second kappa shape index (κ2) is 3.62. The van der Waals surface area contributed by atoms with Crippen LogP contribution in [-0.4, -0.2) is 11.4 Å². The third kappa shape index (κ3) is 1.55. The van der Waals surface area contributed by atoms with Crippen LogP contribution in [0, 0.1) is 0 Å². The first-order valence-electron chi connectivity index (χ1n) is 4.43. The Morgan fingerprint density at radius 3 is 2.69 bits per heavy atom. The van der Waals surface area contributed by atoms with Gasteiger partial charge in [-0.15, -0.1) is 0 Å². The van der Waals surface area contributed by atoms with Crippen molar-refractivity contribution in [3.63, 3.8) is 0 Å². The molecule has 0 unspecified atom stereocenters. The molecule has 0 radical (unpaired) electrons. The second-order valence-electron chi connectivity index (χ2n) is 3.35. The van der Waals surface area contributed by atoms with Crippen molar-refractivity contribution in [2.24, 2.45) is 0 Å². The summed E-state index contributed by atoms with van der Waals surface area (Å²) in [5.74, 6) is 1.30. The molecule has 0 aliphatic heterocycles. The molecule has 0 atom stereocenters. The maximum atomic E-state index is 10.5. The number of hydrogen-bond donors (Lipinski definition) is 0. The van der Waals surface area contributed by atoms with Gasteiger partial charge in [0.05, 0.1) is 4.47 Å². The zero-order valence-electron chi connectivity index (χ0n) is 7.12. The molecule has 0 aromatic carbocycles. The Hall–Kier alpha value is -0.640. The fraction of sp³-hybridized carbons (Fsp3) is 0.556. The van der Waals surface area contributed by atoms with Crippen LogP contribution in [0.5, 0.6) is 0 Å². The minimum atomic E-state index is 0.377. The van der Waals surface area contributed by atoms with Crippen LogP contribution in [0.15, 0.2) is 9.00 Å². The molecule has 2 rings (SSSR count). The molecule has 1 saturated carbocycles. The summed E-state index contributed by atoms with van der Waals surface area (Å²) in [6.07, 6.45) is 5.49. The molecule has 4 heteroatoms. The van der Waals surface area contributed by atoms with Gasteiger partial charge in [-0.1, -0.05) is 18.0 Å². The molecule has 0 N–H and O–H groups in total. The van der Waals surface area contributed by atoms with Gasteiger partial charge >= 0.3 is 0 Å². The van der Waals surface area contributed by atoms with Crippen LogP contribution >= 0.6 is 15.9 Å². The number of halogens is 1. The summed E-state index contributed by atoms with van der Waals surface area (Å²) in [5, 5.41) is 3.69. The van der Waals surface area contributed by atoms with E-state index in [2.05, 4.69) is 21.1 Å². The molecule has 3 nitrogen and oxygen atoms in total. The van der Waals surface area contributed by atoms with Crippen molar-refractivity contribution in [3.8, 4) is 0 Å². The van der Waals surface area contributed by atoms with E-state index in [1.54, 1.807) is 0 Å². The lowest BCUT2D eigenvalue weighted by Gasteiger charge is -2.02. The van der Waals surface area contributed by atoms with Crippen LogP contribution in [0.25, 0.3) is 0 Å². The van der Waals surface area contributed by atoms with Gasteiger partial charge in [0, 0.05) is 5.92 Å². The maximum Gasteiger partial charge on any atom is 0.173 e. The van der Waals surface area contributed by atoms with E-state index in [4.69, 9.17) is 4.52 Å². The third-order valence-corrected chi connectivity index (χ3v) is 3.32. The molecule has 1 fully saturated rings. The summed E-state index contributed by atoms with van der Waals surface area (Å²) >= 11 is 3.33. The van der Waals surface area contributed by atoms with Crippen molar-refractivity contribution in [2.45, 2.75) is 31.6 Å². The van der Waals surface area contributed by atoms with Gasteiger partial charge in [0.1, 0.15) is 0 Å². The van der Waals surface area contributed by atoms with Crippen LogP contribution in [0.2, 0.25) is 0 Å². The monoisotopic (exact) mass is 243 g/mol. The topological polar surface area (TPSA) is 43.1 Å². The number of aromatic nitrogens is 1. The SMILES string of the molecule is O=Cc1noc(C2CCCC2)c1Br. The summed E-state index contributed by atoms with van der Waals surface area (Å²) in [4.78, 5) is 10.5. The van der Waals surface area contributed by atoms with Gasteiger partial charge in [-0.2, -0.15) is 0 Å². The Bertz CT molecular complexity index is 315. The Morgan fingerprint density at radius 1 is 1.46 bits per heavy atom. The molecule has 1 heterocycles. The molecule has 0 bridgehead atoms. The number of hydrogen-bond acceptors (Lipinski definition) is 3. The lowest BCUT2D eigenvalue weighted by Crippen LogP contribution is -1.90. The second-order valence-corrected chi connectivity index (χ2v) is 4.14. The van der Waals surface area contributed by atoms with E-state index in [-0.39, 0.29) is 0 Å². The highest BCUT2D eigenvalue weighted by Gasteiger charge is 2.25. The highest BCUT2D eigenvalue weighted by atomic mass is 79.9. The highest BCUT2D eigenvalue weighted by Crippen LogP contribution is 2.38. The van der Waals surface area contributed by atoms with Crippen LogP contribution < -0.4 is 0 Å². The molecule has 1 aliphatic carbocycles. The predicted octanol–water partition coefficient (Wildman–Crippen LogP) is 2.91. The van der Waals surface area contributed by atoms with E-state index < -0.39 is 0 Å². The number of carbonyl (C=O) groups is 1. The average molecular weight is 244 g/mol. The molecule has 0 spiro atoms. The van der Waals surface area contributed by atoms with Crippen molar-refractivity contribution in [3.05, 3.63) is 15.9 Å². The van der Waals surface area contributed by atoms with Crippen molar-refractivity contribution >= 4 is 22.2 Å². The smallest absolute Gasteiger partial charge is 0.173 e. The average Bonchev–Trinajstić information content (AvgIpc) is 2.72. The lowest BCUT2D eigenvalue weighted by atomic mass is 10.1. The molecule has 1 aliphatic rings. The molecule has 0 amide bonds. The minimum absolute atomic E-state index is 0.377. The molecule has 13 heavy (non-hydrogen) atoms. The Labute approximate surface area is 84.6 Å². The van der Waals surface area contributed by atoms with Crippen LogP contribution in [-0.2, 0) is 0 Å². The Balaban J connectivity index is 2.29. The molecule has 70 valence electrons. The van der Waals surface area contributed by atoms with E-state index >= 15 is 0 Å². The van der Waals surface area contributed by atoms with Crippen LogP contribution in [0.1, 0.15) is 47.8 Å². The van der Waals surface area contributed by atoms with Gasteiger partial charge in [0.15, 0.2) is 17.7 Å². The lowest BCUT2D eigenvalue weighted by molar-refractivity contribution is 0.111. The Kier molecular flexibility index (Phi) is 2.49. The zero-order chi connectivity index (χ0) is 9.26. The zero-order valence-corrected chi connectivity index (χ0v) is 8.71. The van der Waals surface area contributed by atoms with E-state index in [1.807, 2.05) is 0 Å². The van der Waals surface area contributed by atoms with Gasteiger partial charge in [-0.25, -0.2) is 0 Å². The molecule has 0 saturated heterocycles. The molecule has 1 aromatic heterocycles. The fourth-order valence-corrected chi connectivity index (χ4v) is 2.38. The van der Waals surface area contributed by atoms with Gasteiger partial charge in [-0.3, -0.25) is 4.79 Å². The normalized spacial score (nSPS) is 17.9. The van der Waals surface area contributed by atoms with Crippen molar-refractivity contribution in [1.82, 2.24) is 5.16 Å². The van der Waals surface area contributed by atoms with Crippen molar-refractivity contribution < 1.29 is 9.32 Å². The predicted molar refractivity (Wildman–Crippen MR) is 50.8 cm³/mol. The molecule has 1 aromatic rings. The number of nitrogens with zero attached hydrogens (tertiary/aromatic N) is 1. The van der Waals surface area contributed by atoms with Gasteiger partial charge < -0.3 is 4.52 Å². The summed E-state index contributed by atoms with van der Waals surface area (Å²) in [6, 6.07) is 0. The first kappa shape index (κ1) is 8.94. The van der Waals surface area contributed by atoms with Crippen molar-refractivity contribution in [1.29, 1.82) is 0 Å². The maximum absolute atomic E-state index is 10.5. The molecular weight excluding hydrogens is 234 g/mol. The van der Waals surface area contributed by atoms with E-state index in [9.17, 15) is 4.79 Å². The van der Waals surface area contributed by atoms with E-state index in [1.165, 1.54) is 12.8 Å². The summed E-state index contributed by atoms with van der Waals surface area (Å²) in [7, 11) is 0. The first-order chi connectivity index (χ1) is 6.33. The van der Waals surface area contributed by atoms with Crippen molar-refractivity contribution in [2.75, 3.05) is 0 Å². The molecular formula is C9H10BrNO2. The first-order valence-corrected chi connectivity index (χ1v) is 5.22. The van der Waals surface area contributed by atoms with E-state index in [0.717, 1.165) is 23.1 Å². The number of rotatable bonds is 2. The summed E-state index contributed by atoms with van der Waals surface area (Å²) in [5.41, 5.74) is 0.377. The third-order valence-electron chi connectivity index (χ3n) is 2.52. The van der Waals surface area contributed by atoms with E-state index in [0.29, 0.717) is 17.9 Å². The highest BCUT2D eigenvalue weighted by molar-refractivity contribution is 9.10. The fourth-order valence-electron chi connectivity index (χ4n) is 1.82. The van der Waals surface area contributed by atoms with Gasteiger partial charge in [0.25, 0.3) is 0 Å².